The third-order valence-electron chi connectivity index (χ3n) is 2.77. The van der Waals surface area contributed by atoms with Crippen molar-refractivity contribution in [3.63, 3.8) is 0 Å². The van der Waals surface area contributed by atoms with Crippen LogP contribution in [-0.2, 0) is 18.3 Å². The molecule has 0 unspecified atom stereocenters. The zero-order valence-corrected chi connectivity index (χ0v) is 10.1. The summed E-state index contributed by atoms with van der Waals surface area (Å²) in [5.74, 6) is 0.316. The smallest absolute Gasteiger partial charge is 0.243 e. The van der Waals surface area contributed by atoms with Gasteiger partial charge in [-0.05, 0) is 24.3 Å². The van der Waals surface area contributed by atoms with Crippen molar-refractivity contribution in [3.05, 3.63) is 42.5 Å². The van der Waals surface area contributed by atoms with Crippen LogP contribution >= 0.6 is 0 Å². The number of benzene rings is 1. The molecule has 18 heavy (non-hydrogen) atoms. The van der Waals surface area contributed by atoms with Gasteiger partial charge in [-0.25, -0.2) is 9.37 Å². The Labute approximate surface area is 104 Å². The van der Waals surface area contributed by atoms with E-state index in [1.165, 1.54) is 18.2 Å². The topological polar surface area (TPSA) is 46.9 Å². The Morgan fingerprint density at radius 3 is 3.11 bits per heavy atom. The van der Waals surface area contributed by atoms with E-state index < -0.39 is 0 Å². The predicted molar refractivity (Wildman–Crippen MR) is 67.6 cm³/mol. The lowest BCUT2D eigenvalue weighted by atomic mass is 10.3. The lowest BCUT2D eigenvalue weighted by molar-refractivity contribution is -0.116. The largest absolute Gasteiger partial charge is 0.352 e. The second-order valence-corrected chi connectivity index (χ2v) is 3.97. The standard InChI is InChI=1S/C13H14FN3O/c1-3-13(18)15-7-6-12-16-10-5-4-9(14)8-11(10)17(12)2/h3-5,8H,1,6-7H2,2H3,(H,15,18). The van der Waals surface area contributed by atoms with Gasteiger partial charge in [0.1, 0.15) is 11.6 Å². The summed E-state index contributed by atoms with van der Waals surface area (Å²) in [5.41, 5.74) is 1.50. The molecule has 94 valence electrons. The Balaban J connectivity index is 2.16. The Hall–Kier alpha value is -2.17. The number of carbonyl (C=O) groups excluding carboxylic acids is 1. The predicted octanol–water partition coefficient (Wildman–Crippen LogP) is 1.56. The molecule has 2 rings (SSSR count). The van der Waals surface area contributed by atoms with E-state index in [9.17, 15) is 9.18 Å². The molecule has 5 heteroatoms. The highest BCUT2D eigenvalue weighted by Crippen LogP contribution is 2.16. The Kier molecular flexibility index (Phi) is 3.41. The van der Waals surface area contributed by atoms with E-state index in [1.807, 2.05) is 11.6 Å². The van der Waals surface area contributed by atoms with Crippen molar-refractivity contribution in [2.24, 2.45) is 7.05 Å². The Morgan fingerprint density at radius 2 is 2.39 bits per heavy atom. The molecule has 1 N–H and O–H groups in total. The zero-order valence-electron chi connectivity index (χ0n) is 10.1. The van der Waals surface area contributed by atoms with Crippen molar-refractivity contribution >= 4 is 16.9 Å². The Morgan fingerprint density at radius 1 is 1.61 bits per heavy atom. The van der Waals surface area contributed by atoms with E-state index in [4.69, 9.17) is 0 Å². The molecule has 1 heterocycles. The number of hydrogen-bond acceptors (Lipinski definition) is 2. The van der Waals surface area contributed by atoms with Crippen LogP contribution in [0, 0.1) is 5.82 Å². The molecule has 0 spiro atoms. The maximum absolute atomic E-state index is 13.1. The van der Waals surface area contributed by atoms with Gasteiger partial charge in [0.15, 0.2) is 0 Å². The highest BCUT2D eigenvalue weighted by molar-refractivity contribution is 5.86. The first-order chi connectivity index (χ1) is 8.61. The van der Waals surface area contributed by atoms with Crippen molar-refractivity contribution in [1.29, 1.82) is 0 Å². The molecular formula is C13H14FN3O. The van der Waals surface area contributed by atoms with Gasteiger partial charge in [-0.15, -0.1) is 0 Å². The number of halogens is 1. The molecular weight excluding hydrogens is 233 g/mol. The first-order valence-corrected chi connectivity index (χ1v) is 5.63. The number of carbonyl (C=O) groups is 1. The highest BCUT2D eigenvalue weighted by atomic mass is 19.1. The van der Waals surface area contributed by atoms with Crippen LogP contribution in [0.1, 0.15) is 5.82 Å². The molecule has 0 aliphatic carbocycles. The number of imidazole rings is 1. The third kappa shape index (κ3) is 2.40. The van der Waals surface area contributed by atoms with Gasteiger partial charge in [0.05, 0.1) is 11.0 Å². The number of nitrogens with one attached hydrogen (secondary N) is 1. The van der Waals surface area contributed by atoms with Gasteiger partial charge in [-0.1, -0.05) is 6.58 Å². The van der Waals surface area contributed by atoms with Crippen LogP contribution in [-0.4, -0.2) is 22.0 Å². The van der Waals surface area contributed by atoms with Gasteiger partial charge in [0.25, 0.3) is 0 Å². The fourth-order valence-corrected chi connectivity index (χ4v) is 1.81. The molecule has 0 fully saturated rings. The van der Waals surface area contributed by atoms with Crippen molar-refractivity contribution in [2.75, 3.05) is 6.54 Å². The number of rotatable bonds is 4. The second-order valence-electron chi connectivity index (χ2n) is 3.97. The highest BCUT2D eigenvalue weighted by Gasteiger charge is 2.08. The quantitative estimate of drug-likeness (QED) is 0.833. The summed E-state index contributed by atoms with van der Waals surface area (Å²) in [4.78, 5) is 15.4. The fourth-order valence-electron chi connectivity index (χ4n) is 1.81. The van der Waals surface area contributed by atoms with Crippen LogP contribution in [0.3, 0.4) is 0 Å². The summed E-state index contributed by atoms with van der Waals surface area (Å²) in [7, 11) is 1.83. The van der Waals surface area contributed by atoms with E-state index >= 15 is 0 Å². The number of hydrogen-bond donors (Lipinski definition) is 1. The summed E-state index contributed by atoms with van der Waals surface area (Å²) in [6.07, 6.45) is 1.82. The normalized spacial score (nSPS) is 10.6. The minimum atomic E-state index is -0.281. The van der Waals surface area contributed by atoms with Crippen molar-refractivity contribution in [2.45, 2.75) is 6.42 Å². The van der Waals surface area contributed by atoms with Crippen molar-refractivity contribution in [1.82, 2.24) is 14.9 Å². The first kappa shape index (κ1) is 12.3. The third-order valence-corrected chi connectivity index (χ3v) is 2.77. The molecule has 1 aromatic carbocycles. The number of fused-ring (bicyclic) bond motifs is 1. The van der Waals surface area contributed by atoms with Crippen LogP contribution in [0.25, 0.3) is 11.0 Å². The van der Waals surface area contributed by atoms with Gasteiger partial charge in [0.2, 0.25) is 5.91 Å². The molecule has 0 aliphatic rings. The zero-order chi connectivity index (χ0) is 13.1. The molecule has 0 saturated heterocycles. The van der Waals surface area contributed by atoms with Crippen LogP contribution in [0.15, 0.2) is 30.9 Å². The van der Waals surface area contributed by atoms with Gasteiger partial charge in [0, 0.05) is 20.0 Å². The fraction of sp³-hybridized carbons (Fsp3) is 0.231. The molecule has 0 atom stereocenters. The molecule has 4 nitrogen and oxygen atoms in total. The Bertz CT molecular complexity index is 604. The average Bonchev–Trinajstić information content (AvgIpc) is 2.66. The first-order valence-electron chi connectivity index (χ1n) is 5.63. The monoisotopic (exact) mass is 247 g/mol. The SMILES string of the molecule is C=CC(=O)NCCc1nc2ccc(F)cc2n1C. The number of nitrogens with zero attached hydrogens (tertiary/aromatic N) is 2. The molecule has 2 aromatic rings. The number of aryl methyl sites for hydroxylation is 1. The van der Waals surface area contributed by atoms with E-state index in [2.05, 4.69) is 16.9 Å². The van der Waals surface area contributed by atoms with Crippen LogP contribution < -0.4 is 5.32 Å². The summed E-state index contributed by atoms with van der Waals surface area (Å²) in [6.45, 7) is 3.85. The van der Waals surface area contributed by atoms with Crippen molar-refractivity contribution in [3.8, 4) is 0 Å². The molecule has 0 bridgehead atoms. The minimum absolute atomic E-state index is 0.209. The minimum Gasteiger partial charge on any atom is -0.352 e. The van der Waals surface area contributed by atoms with E-state index in [0.717, 1.165) is 16.9 Å². The van der Waals surface area contributed by atoms with Gasteiger partial charge in [-0.2, -0.15) is 0 Å². The lowest BCUT2D eigenvalue weighted by Gasteiger charge is -2.03. The molecule has 0 saturated carbocycles. The van der Waals surface area contributed by atoms with Gasteiger partial charge >= 0.3 is 0 Å². The maximum atomic E-state index is 13.1. The van der Waals surface area contributed by atoms with Gasteiger partial charge in [-0.3, -0.25) is 4.79 Å². The molecule has 1 amide bonds. The van der Waals surface area contributed by atoms with E-state index in [-0.39, 0.29) is 11.7 Å². The summed E-state index contributed by atoms with van der Waals surface area (Å²) in [5, 5.41) is 2.68. The summed E-state index contributed by atoms with van der Waals surface area (Å²) < 4.78 is 15.0. The van der Waals surface area contributed by atoms with Crippen LogP contribution in [0.2, 0.25) is 0 Å². The summed E-state index contributed by atoms with van der Waals surface area (Å²) >= 11 is 0. The van der Waals surface area contributed by atoms with Crippen LogP contribution in [0.4, 0.5) is 4.39 Å². The molecule has 1 aromatic heterocycles. The maximum Gasteiger partial charge on any atom is 0.243 e. The summed E-state index contributed by atoms with van der Waals surface area (Å²) in [6, 6.07) is 4.49. The van der Waals surface area contributed by atoms with E-state index in [0.29, 0.717) is 13.0 Å². The van der Waals surface area contributed by atoms with E-state index in [1.54, 1.807) is 6.07 Å². The molecule has 0 radical (unpaired) electrons. The second kappa shape index (κ2) is 5.00. The van der Waals surface area contributed by atoms with Crippen LogP contribution in [0.5, 0.6) is 0 Å². The lowest BCUT2D eigenvalue weighted by Crippen LogP contribution is -2.24. The number of amides is 1. The van der Waals surface area contributed by atoms with Crippen molar-refractivity contribution < 1.29 is 9.18 Å². The number of aromatic nitrogens is 2. The van der Waals surface area contributed by atoms with Gasteiger partial charge < -0.3 is 9.88 Å². The molecule has 0 aliphatic heterocycles. The average molecular weight is 247 g/mol.